The Bertz CT molecular complexity index is 471. The molecule has 2 rings (SSSR count). The molecule has 1 aromatic rings. The molecule has 1 fully saturated rings. The van der Waals surface area contributed by atoms with Crippen molar-refractivity contribution >= 4 is 11.6 Å². The average molecular weight is 305 g/mol. The first-order chi connectivity index (χ1) is 10.7. The van der Waals surface area contributed by atoms with E-state index in [2.05, 4.69) is 22.5 Å². The average Bonchev–Trinajstić information content (AvgIpc) is 2.54. The van der Waals surface area contributed by atoms with Crippen molar-refractivity contribution in [2.75, 3.05) is 45.2 Å². The molecule has 0 saturated carbocycles. The van der Waals surface area contributed by atoms with Gasteiger partial charge in [-0.1, -0.05) is 19.1 Å². The van der Waals surface area contributed by atoms with Gasteiger partial charge >= 0.3 is 0 Å². The van der Waals surface area contributed by atoms with Crippen LogP contribution in [0.25, 0.3) is 0 Å². The number of piperidine rings is 1. The Hall–Kier alpha value is -1.59. The Labute approximate surface area is 133 Å². The second-order valence-electron chi connectivity index (χ2n) is 5.78. The third kappa shape index (κ3) is 5.00. The van der Waals surface area contributed by atoms with E-state index in [-0.39, 0.29) is 5.91 Å². The molecular weight excluding hydrogens is 278 g/mol. The van der Waals surface area contributed by atoms with Crippen molar-refractivity contribution in [3.05, 3.63) is 24.3 Å². The van der Waals surface area contributed by atoms with Gasteiger partial charge in [-0.25, -0.2) is 0 Å². The van der Waals surface area contributed by atoms with Gasteiger partial charge in [0.05, 0.1) is 19.3 Å². The minimum absolute atomic E-state index is 0.0228. The van der Waals surface area contributed by atoms with Crippen molar-refractivity contribution in [1.82, 2.24) is 10.2 Å². The normalized spacial score (nSPS) is 16.5. The molecule has 0 aromatic heterocycles. The van der Waals surface area contributed by atoms with Crippen LogP contribution in [-0.4, -0.2) is 50.6 Å². The van der Waals surface area contributed by atoms with E-state index in [4.69, 9.17) is 4.74 Å². The number of nitrogens with one attached hydrogen (secondary N) is 2. The van der Waals surface area contributed by atoms with Crippen molar-refractivity contribution in [2.45, 2.75) is 19.8 Å². The van der Waals surface area contributed by atoms with Crippen LogP contribution in [0.15, 0.2) is 24.3 Å². The van der Waals surface area contributed by atoms with Crippen molar-refractivity contribution in [3.63, 3.8) is 0 Å². The van der Waals surface area contributed by atoms with Crippen molar-refractivity contribution < 1.29 is 9.53 Å². The van der Waals surface area contributed by atoms with E-state index in [1.54, 1.807) is 7.11 Å². The number of hydrogen-bond acceptors (Lipinski definition) is 4. The highest BCUT2D eigenvalue weighted by atomic mass is 16.5. The number of carbonyl (C=O) groups is 1. The zero-order chi connectivity index (χ0) is 15.8. The number of nitrogens with zero attached hydrogens (tertiary/aromatic N) is 1. The number of methoxy groups -OCH3 is 1. The standard InChI is InChI=1S/C17H27N3O2/c1-3-18-12-14-8-10-20(11-9-14)13-17(21)19-15-6-4-5-7-16(15)22-2/h4-7,14,18H,3,8-13H2,1-2H3,(H,19,21). The van der Waals surface area contributed by atoms with Crippen molar-refractivity contribution in [3.8, 4) is 5.75 Å². The Morgan fingerprint density at radius 3 is 2.73 bits per heavy atom. The lowest BCUT2D eigenvalue weighted by molar-refractivity contribution is -0.117. The molecule has 0 aliphatic carbocycles. The molecule has 0 radical (unpaired) electrons. The minimum atomic E-state index is 0.0228. The Balaban J connectivity index is 1.76. The summed E-state index contributed by atoms with van der Waals surface area (Å²) in [6.45, 7) is 6.70. The molecule has 0 atom stereocenters. The molecule has 1 heterocycles. The van der Waals surface area contributed by atoms with Crippen LogP contribution in [0.3, 0.4) is 0 Å². The lowest BCUT2D eigenvalue weighted by Crippen LogP contribution is -2.41. The summed E-state index contributed by atoms with van der Waals surface area (Å²) in [5, 5.41) is 6.34. The quantitative estimate of drug-likeness (QED) is 0.808. The number of amides is 1. The first kappa shape index (κ1) is 16.8. The lowest BCUT2D eigenvalue weighted by Gasteiger charge is -2.31. The fourth-order valence-corrected chi connectivity index (χ4v) is 2.84. The van der Waals surface area contributed by atoms with Gasteiger partial charge in [0.25, 0.3) is 0 Å². The smallest absolute Gasteiger partial charge is 0.238 e. The number of hydrogen-bond donors (Lipinski definition) is 2. The molecule has 1 saturated heterocycles. The minimum Gasteiger partial charge on any atom is -0.495 e. The maximum Gasteiger partial charge on any atom is 0.238 e. The maximum atomic E-state index is 12.2. The van der Waals surface area contributed by atoms with Crippen LogP contribution in [0, 0.1) is 5.92 Å². The number of anilines is 1. The second-order valence-corrected chi connectivity index (χ2v) is 5.78. The number of para-hydroxylation sites is 2. The van der Waals surface area contributed by atoms with Gasteiger partial charge in [0.1, 0.15) is 5.75 Å². The summed E-state index contributed by atoms with van der Waals surface area (Å²) in [6, 6.07) is 7.50. The predicted molar refractivity (Wildman–Crippen MR) is 89.3 cm³/mol. The van der Waals surface area contributed by atoms with E-state index < -0.39 is 0 Å². The zero-order valence-corrected chi connectivity index (χ0v) is 13.6. The monoisotopic (exact) mass is 305 g/mol. The van der Waals surface area contributed by atoms with Gasteiger partial charge in [0.2, 0.25) is 5.91 Å². The van der Waals surface area contributed by atoms with Gasteiger partial charge < -0.3 is 15.4 Å². The van der Waals surface area contributed by atoms with E-state index in [0.29, 0.717) is 12.3 Å². The third-order valence-electron chi connectivity index (χ3n) is 4.14. The van der Waals surface area contributed by atoms with E-state index in [1.807, 2.05) is 24.3 Å². The number of carbonyl (C=O) groups excluding carboxylic acids is 1. The number of likely N-dealkylation sites (tertiary alicyclic amines) is 1. The summed E-state index contributed by atoms with van der Waals surface area (Å²) >= 11 is 0. The van der Waals surface area contributed by atoms with E-state index in [9.17, 15) is 4.79 Å². The Morgan fingerprint density at radius 1 is 1.32 bits per heavy atom. The highest BCUT2D eigenvalue weighted by Gasteiger charge is 2.20. The summed E-state index contributed by atoms with van der Waals surface area (Å²) in [6.07, 6.45) is 2.32. The van der Waals surface area contributed by atoms with Gasteiger partial charge in [0.15, 0.2) is 0 Å². The number of ether oxygens (including phenoxy) is 1. The van der Waals surface area contributed by atoms with Gasteiger partial charge in [-0.2, -0.15) is 0 Å². The fourth-order valence-electron chi connectivity index (χ4n) is 2.84. The van der Waals surface area contributed by atoms with Crippen molar-refractivity contribution in [2.24, 2.45) is 5.92 Å². The van der Waals surface area contributed by atoms with Crippen molar-refractivity contribution in [1.29, 1.82) is 0 Å². The molecule has 5 nitrogen and oxygen atoms in total. The van der Waals surface area contributed by atoms with Crippen LogP contribution in [0.2, 0.25) is 0 Å². The predicted octanol–water partition coefficient (Wildman–Crippen LogP) is 1.96. The molecular formula is C17H27N3O2. The van der Waals surface area contributed by atoms with E-state index >= 15 is 0 Å². The molecule has 1 aromatic carbocycles. The molecule has 0 unspecified atom stereocenters. The SMILES string of the molecule is CCNCC1CCN(CC(=O)Nc2ccccc2OC)CC1. The summed E-state index contributed by atoms with van der Waals surface area (Å²) in [5.41, 5.74) is 0.733. The summed E-state index contributed by atoms with van der Waals surface area (Å²) in [7, 11) is 1.61. The Kier molecular flexibility index (Phi) is 6.68. The first-order valence-electron chi connectivity index (χ1n) is 8.09. The van der Waals surface area contributed by atoms with Crippen LogP contribution in [0.4, 0.5) is 5.69 Å². The second kappa shape index (κ2) is 8.76. The largest absolute Gasteiger partial charge is 0.495 e. The van der Waals surface area contributed by atoms with Gasteiger partial charge in [-0.05, 0) is 57.1 Å². The van der Waals surface area contributed by atoms with Crippen LogP contribution < -0.4 is 15.4 Å². The Morgan fingerprint density at radius 2 is 2.05 bits per heavy atom. The molecule has 1 aliphatic rings. The van der Waals surface area contributed by atoms with Crippen LogP contribution in [0.5, 0.6) is 5.75 Å². The van der Waals surface area contributed by atoms with Crippen LogP contribution in [-0.2, 0) is 4.79 Å². The number of benzene rings is 1. The summed E-state index contributed by atoms with van der Waals surface area (Å²) in [4.78, 5) is 14.4. The zero-order valence-electron chi connectivity index (χ0n) is 13.6. The summed E-state index contributed by atoms with van der Waals surface area (Å²) in [5.74, 6) is 1.46. The highest BCUT2D eigenvalue weighted by Crippen LogP contribution is 2.23. The molecule has 1 amide bonds. The summed E-state index contributed by atoms with van der Waals surface area (Å²) < 4.78 is 5.25. The molecule has 2 N–H and O–H groups in total. The highest BCUT2D eigenvalue weighted by molar-refractivity contribution is 5.93. The molecule has 22 heavy (non-hydrogen) atoms. The fraction of sp³-hybridized carbons (Fsp3) is 0.588. The van der Waals surface area contributed by atoms with E-state index in [1.165, 1.54) is 0 Å². The first-order valence-corrected chi connectivity index (χ1v) is 8.09. The van der Waals surface area contributed by atoms with Crippen LogP contribution >= 0.6 is 0 Å². The molecule has 0 spiro atoms. The molecule has 0 bridgehead atoms. The lowest BCUT2D eigenvalue weighted by atomic mass is 9.97. The van der Waals surface area contributed by atoms with Gasteiger partial charge in [-0.3, -0.25) is 9.69 Å². The van der Waals surface area contributed by atoms with Crippen LogP contribution in [0.1, 0.15) is 19.8 Å². The molecule has 1 aliphatic heterocycles. The number of rotatable bonds is 7. The third-order valence-corrected chi connectivity index (χ3v) is 4.14. The van der Waals surface area contributed by atoms with Gasteiger partial charge in [-0.15, -0.1) is 0 Å². The van der Waals surface area contributed by atoms with E-state index in [0.717, 1.165) is 50.6 Å². The molecule has 5 heteroatoms. The topological polar surface area (TPSA) is 53.6 Å². The maximum absolute atomic E-state index is 12.2. The molecule has 122 valence electrons. The van der Waals surface area contributed by atoms with Gasteiger partial charge in [0, 0.05) is 0 Å².